The number of piperazine rings is 1. The number of hydrogen-bond acceptors (Lipinski definition) is 6. The highest BCUT2D eigenvalue weighted by atomic mass is 16.5. The molecule has 2 heterocycles. The fourth-order valence-corrected chi connectivity index (χ4v) is 5.03. The van der Waals surface area contributed by atoms with Gasteiger partial charge in [0.1, 0.15) is 11.5 Å². The van der Waals surface area contributed by atoms with Gasteiger partial charge in [-0.05, 0) is 97.9 Å². The van der Waals surface area contributed by atoms with Crippen molar-refractivity contribution in [2.75, 3.05) is 45.1 Å². The first-order chi connectivity index (χ1) is 17.4. The third kappa shape index (κ3) is 8.49. The molecule has 1 aromatic carbocycles. The Kier molecular flexibility index (Phi) is 10.1. The number of hydrogen-bond donors (Lipinski definition) is 1. The van der Waals surface area contributed by atoms with Crippen LogP contribution in [0, 0.1) is 6.92 Å². The number of pyridine rings is 1. The van der Waals surface area contributed by atoms with Crippen molar-refractivity contribution in [3.8, 4) is 0 Å². The zero-order valence-corrected chi connectivity index (χ0v) is 24.8. The molecule has 6 heteroatoms. The highest BCUT2D eigenvalue weighted by Gasteiger charge is 2.31. The Balaban J connectivity index is 1.53. The summed E-state index contributed by atoms with van der Waals surface area (Å²) in [5, 5.41) is 1.15. The Morgan fingerprint density at radius 3 is 2.43 bits per heavy atom. The van der Waals surface area contributed by atoms with E-state index in [1.54, 1.807) is 0 Å². The first-order valence-corrected chi connectivity index (χ1v) is 14.2. The standard InChI is InChI=1S/C31H51N5O/c1-9-10-12-23(2)33-28-24(3)26-15-14-25(21-27(26)34-29(28)32)13-11-16-35-17-19-36(20-18-35)31(7,8)22-37-30(4,5)6/h14-15,21H,9-13,16-20,22H2,1-8H3,(H2,32,34). The minimum atomic E-state index is -0.0920. The van der Waals surface area contributed by atoms with E-state index in [0.29, 0.717) is 5.82 Å². The fraction of sp³-hybridized carbons (Fsp3) is 0.677. The number of nitrogens with zero attached hydrogens (tertiary/aromatic N) is 4. The predicted octanol–water partition coefficient (Wildman–Crippen LogP) is 6.55. The molecule has 0 saturated carbocycles. The van der Waals surface area contributed by atoms with Crippen molar-refractivity contribution in [3.63, 3.8) is 0 Å². The molecule has 1 aliphatic rings. The van der Waals surface area contributed by atoms with Crippen LogP contribution in [-0.2, 0) is 11.2 Å². The van der Waals surface area contributed by atoms with E-state index in [4.69, 9.17) is 20.4 Å². The molecule has 1 aromatic heterocycles. The number of ether oxygens (including phenoxy) is 1. The maximum Gasteiger partial charge on any atom is 0.150 e. The summed E-state index contributed by atoms with van der Waals surface area (Å²) in [4.78, 5) is 14.7. The van der Waals surface area contributed by atoms with Gasteiger partial charge in [-0.2, -0.15) is 0 Å². The zero-order valence-electron chi connectivity index (χ0n) is 24.8. The summed E-state index contributed by atoms with van der Waals surface area (Å²) in [6, 6.07) is 6.67. The van der Waals surface area contributed by atoms with E-state index in [2.05, 4.69) is 83.4 Å². The van der Waals surface area contributed by atoms with Crippen molar-refractivity contribution in [1.29, 1.82) is 0 Å². The molecule has 0 bridgehead atoms. The Morgan fingerprint density at radius 1 is 1.08 bits per heavy atom. The van der Waals surface area contributed by atoms with Gasteiger partial charge < -0.3 is 15.4 Å². The second-order valence-corrected chi connectivity index (χ2v) is 12.4. The molecule has 37 heavy (non-hydrogen) atoms. The van der Waals surface area contributed by atoms with Gasteiger partial charge >= 0.3 is 0 Å². The van der Waals surface area contributed by atoms with E-state index in [1.165, 1.54) is 12.0 Å². The number of nitrogen functional groups attached to an aromatic ring is 1. The van der Waals surface area contributed by atoms with E-state index in [-0.39, 0.29) is 11.1 Å². The predicted molar refractivity (Wildman–Crippen MR) is 159 cm³/mol. The summed E-state index contributed by atoms with van der Waals surface area (Å²) in [5.41, 5.74) is 11.7. The lowest BCUT2D eigenvalue weighted by Crippen LogP contribution is -2.57. The monoisotopic (exact) mass is 509 g/mol. The average Bonchev–Trinajstić information content (AvgIpc) is 2.84. The average molecular weight is 510 g/mol. The maximum atomic E-state index is 6.36. The third-order valence-corrected chi connectivity index (χ3v) is 7.53. The number of nitrogens with two attached hydrogens (primary N) is 1. The molecule has 0 spiro atoms. The third-order valence-electron chi connectivity index (χ3n) is 7.53. The van der Waals surface area contributed by atoms with Crippen molar-refractivity contribution in [3.05, 3.63) is 29.3 Å². The number of rotatable bonds is 11. The number of unbranched alkanes of at least 4 members (excludes halogenated alkanes) is 1. The minimum absolute atomic E-state index is 0.0663. The number of fused-ring (bicyclic) bond motifs is 1. The van der Waals surface area contributed by atoms with Crippen LogP contribution in [0.4, 0.5) is 11.5 Å². The first-order valence-electron chi connectivity index (χ1n) is 14.2. The van der Waals surface area contributed by atoms with E-state index >= 15 is 0 Å². The Morgan fingerprint density at radius 2 is 1.78 bits per heavy atom. The van der Waals surface area contributed by atoms with E-state index in [9.17, 15) is 0 Å². The molecular weight excluding hydrogens is 458 g/mol. The molecule has 1 saturated heterocycles. The number of anilines is 1. The van der Waals surface area contributed by atoms with Gasteiger partial charge in [-0.3, -0.25) is 9.89 Å². The molecule has 1 fully saturated rings. The van der Waals surface area contributed by atoms with Crippen molar-refractivity contribution in [2.45, 2.75) is 98.6 Å². The summed E-state index contributed by atoms with van der Waals surface area (Å²) in [6.45, 7) is 23.7. The molecule has 0 aliphatic carbocycles. The van der Waals surface area contributed by atoms with Crippen LogP contribution in [0.5, 0.6) is 0 Å². The molecule has 3 rings (SSSR count). The smallest absolute Gasteiger partial charge is 0.150 e. The van der Waals surface area contributed by atoms with Gasteiger partial charge in [-0.15, -0.1) is 0 Å². The first kappa shape index (κ1) is 29.5. The molecule has 2 N–H and O–H groups in total. The molecule has 2 aromatic rings. The Labute approximate surface area is 225 Å². The molecule has 0 amide bonds. The van der Waals surface area contributed by atoms with Crippen molar-refractivity contribution >= 4 is 28.1 Å². The highest BCUT2D eigenvalue weighted by Crippen LogP contribution is 2.32. The summed E-state index contributed by atoms with van der Waals surface area (Å²) < 4.78 is 6.10. The van der Waals surface area contributed by atoms with Gasteiger partial charge in [-0.1, -0.05) is 25.5 Å². The van der Waals surface area contributed by atoms with E-state index in [0.717, 1.165) is 92.9 Å². The summed E-state index contributed by atoms with van der Waals surface area (Å²) in [5.74, 6) is 0.534. The number of benzene rings is 1. The largest absolute Gasteiger partial charge is 0.382 e. The van der Waals surface area contributed by atoms with E-state index in [1.807, 2.05) is 0 Å². The van der Waals surface area contributed by atoms with Crippen LogP contribution < -0.4 is 5.73 Å². The van der Waals surface area contributed by atoms with Gasteiger partial charge in [0, 0.05) is 42.8 Å². The van der Waals surface area contributed by atoms with Crippen molar-refractivity contribution < 1.29 is 4.74 Å². The Bertz CT molecular complexity index is 1060. The molecule has 0 radical (unpaired) electrons. The lowest BCUT2D eigenvalue weighted by Gasteiger charge is -2.44. The van der Waals surface area contributed by atoms with Crippen LogP contribution in [0.1, 0.15) is 85.3 Å². The molecule has 206 valence electrons. The van der Waals surface area contributed by atoms with Gasteiger partial charge in [0.25, 0.3) is 0 Å². The van der Waals surface area contributed by atoms with Gasteiger partial charge in [0.2, 0.25) is 0 Å². The van der Waals surface area contributed by atoms with Crippen LogP contribution in [0.3, 0.4) is 0 Å². The Hall–Kier alpha value is -2.02. The normalized spacial score (nSPS) is 16.6. The second-order valence-electron chi connectivity index (χ2n) is 12.4. The lowest BCUT2D eigenvalue weighted by molar-refractivity contribution is -0.0707. The number of aryl methyl sites for hydroxylation is 2. The van der Waals surface area contributed by atoms with Crippen LogP contribution in [0.2, 0.25) is 0 Å². The van der Waals surface area contributed by atoms with Crippen LogP contribution >= 0.6 is 0 Å². The van der Waals surface area contributed by atoms with Gasteiger partial charge in [0.05, 0.1) is 17.7 Å². The minimum Gasteiger partial charge on any atom is -0.382 e. The summed E-state index contributed by atoms with van der Waals surface area (Å²) >= 11 is 0. The fourth-order valence-electron chi connectivity index (χ4n) is 5.03. The van der Waals surface area contributed by atoms with Crippen molar-refractivity contribution in [1.82, 2.24) is 14.8 Å². The summed E-state index contributed by atoms with van der Waals surface area (Å²) in [6.07, 6.45) is 5.53. The number of aliphatic imine (C=N–C) groups is 1. The molecule has 6 nitrogen and oxygen atoms in total. The van der Waals surface area contributed by atoms with Crippen LogP contribution in [-0.4, -0.2) is 71.0 Å². The van der Waals surface area contributed by atoms with Gasteiger partial charge in [-0.25, -0.2) is 4.98 Å². The molecular formula is C31H51N5O. The maximum absolute atomic E-state index is 6.36. The zero-order chi connectivity index (χ0) is 27.2. The van der Waals surface area contributed by atoms with E-state index < -0.39 is 0 Å². The molecule has 0 atom stereocenters. The second kappa shape index (κ2) is 12.7. The lowest BCUT2D eigenvalue weighted by atomic mass is 10.0. The topological polar surface area (TPSA) is 67.0 Å². The van der Waals surface area contributed by atoms with Crippen LogP contribution in [0.15, 0.2) is 23.2 Å². The summed E-state index contributed by atoms with van der Waals surface area (Å²) in [7, 11) is 0. The number of aromatic nitrogens is 1. The van der Waals surface area contributed by atoms with Crippen LogP contribution in [0.25, 0.3) is 10.9 Å². The molecule has 0 unspecified atom stereocenters. The SMILES string of the molecule is CCCCC(C)=Nc1c(N)nc2cc(CCCN3CCN(C(C)(C)COC(C)(C)C)CC3)ccc2c1C. The highest BCUT2D eigenvalue weighted by molar-refractivity contribution is 5.93. The molecule has 1 aliphatic heterocycles. The quantitative estimate of drug-likeness (QED) is 0.348. The van der Waals surface area contributed by atoms with Gasteiger partial charge in [0.15, 0.2) is 0 Å². The van der Waals surface area contributed by atoms with Crippen molar-refractivity contribution in [2.24, 2.45) is 4.99 Å².